The SMILES string of the molecule is O=c1c(Cl)cc(C(F)(F)F)cn1Cc1ccc(Cl)nc1. The highest BCUT2D eigenvalue weighted by Gasteiger charge is 2.32. The Kier molecular flexibility index (Phi) is 4.06. The summed E-state index contributed by atoms with van der Waals surface area (Å²) in [6.07, 6.45) is -2.47. The normalized spacial score (nSPS) is 11.7. The van der Waals surface area contributed by atoms with Crippen molar-refractivity contribution < 1.29 is 13.2 Å². The van der Waals surface area contributed by atoms with E-state index in [0.717, 1.165) is 10.8 Å². The van der Waals surface area contributed by atoms with Crippen LogP contribution in [0.4, 0.5) is 13.2 Å². The number of pyridine rings is 2. The zero-order valence-electron chi connectivity index (χ0n) is 9.79. The average molecular weight is 323 g/mol. The molecule has 2 aromatic heterocycles. The molecule has 8 heteroatoms. The summed E-state index contributed by atoms with van der Waals surface area (Å²) in [4.78, 5) is 15.5. The molecule has 0 aromatic carbocycles. The summed E-state index contributed by atoms with van der Waals surface area (Å²) in [6.45, 7) is -0.0767. The lowest BCUT2D eigenvalue weighted by Gasteiger charge is -2.11. The fourth-order valence-electron chi connectivity index (χ4n) is 1.57. The van der Waals surface area contributed by atoms with Crippen molar-refractivity contribution >= 4 is 23.2 Å². The number of hydrogen-bond donors (Lipinski definition) is 0. The topological polar surface area (TPSA) is 34.9 Å². The molecular weight excluding hydrogens is 316 g/mol. The van der Waals surface area contributed by atoms with E-state index in [1.54, 1.807) is 6.07 Å². The molecule has 0 aliphatic heterocycles. The third-order valence-corrected chi connectivity index (χ3v) is 3.01. The Labute approximate surface area is 121 Å². The van der Waals surface area contributed by atoms with Gasteiger partial charge in [-0.1, -0.05) is 29.3 Å². The van der Waals surface area contributed by atoms with E-state index in [1.165, 1.54) is 12.3 Å². The quantitative estimate of drug-likeness (QED) is 0.791. The minimum Gasteiger partial charge on any atom is -0.309 e. The molecule has 0 saturated carbocycles. The van der Waals surface area contributed by atoms with Gasteiger partial charge in [-0.2, -0.15) is 13.2 Å². The number of aromatic nitrogens is 2. The molecule has 2 aromatic rings. The number of alkyl halides is 3. The number of nitrogens with zero attached hydrogens (tertiary/aromatic N) is 2. The summed E-state index contributed by atoms with van der Waals surface area (Å²) in [5, 5.41) is -0.232. The van der Waals surface area contributed by atoms with E-state index in [9.17, 15) is 18.0 Å². The maximum atomic E-state index is 12.7. The van der Waals surface area contributed by atoms with Crippen LogP contribution in [0, 0.1) is 0 Å². The molecule has 2 rings (SSSR count). The minimum absolute atomic E-state index is 0.0767. The second-order valence-corrected chi connectivity index (χ2v) is 4.79. The Bertz CT molecular complexity index is 681. The Morgan fingerprint density at radius 1 is 1.25 bits per heavy atom. The van der Waals surface area contributed by atoms with E-state index in [1.807, 2.05) is 0 Å². The molecule has 3 nitrogen and oxygen atoms in total. The Morgan fingerprint density at radius 3 is 2.50 bits per heavy atom. The zero-order chi connectivity index (χ0) is 14.9. The minimum atomic E-state index is -4.57. The lowest BCUT2D eigenvalue weighted by molar-refractivity contribution is -0.138. The van der Waals surface area contributed by atoms with Crippen LogP contribution in [0.5, 0.6) is 0 Å². The van der Waals surface area contributed by atoms with Gasteiger partial charge in [0.1, 0.15) is 10.2 Å². The second kappa shape index (κ2) is 5.46. The van der Waals surface area contributed by atoms with Crippen molar-refractivity contribution in [3.63, 3.8) is 0 Å². The van der Waals surface area contributed by atoms with Gasteiger partial charge in [-0.05, 0) is 17.7 Å². The van der Waals surface area contributed by atoms with Crippen LogP contribution in [0.2, 0.25) is 10.2 Å². The van der Waals surface area contributed by atoms with Crippen LogP contribution < -0.4 is 5.56 Å². The van der Waals surface area contributed by atoms with Gasteiger partial charge < -0.3 is 4.57 Å². The first-order valence-corrected chi connectivity index (χ1v) is 6.10. The summed E-state index contributed by atoms with van der Waals surface area (Å²) in [5.74, 6) is 0. The van der Waals surface area contributed by atoms with E-state index in [2.05, 4.69) is 4.98 Å². The van der Waals surface area contributed by atoms with Crippen molar-refractivity contribution in [2.75, 3.05) is 0 Å². The van der Waals surface area contributed by atoms with Crippen LogP contribution in [-0.4, -0.2) is 9.55 Å². The molecule has 0 amide bonds. The summed E-state index contributed by atoms with van der Waals surface area (Å²) < 4.78 is 38.9. The van der Waals surface area contributed by atoms with Gasteiger partial charge in [-0.15, -0.1) is 0 Å². The van der Waals surface area contributed by atoms with E-state index in [4.69, 9.17) is 23.2 Å². The smallest absolute Gasteiger partial charge is 0.309 e. The fraction of sp³-hybridized carbons (Fsp3) is 0.167. The molecule has 0 radical (unpaired) electrons. The molecule has 20 heavy (non-hydrogen) atoms. The Balaban J connectivity index is 2.43. The second-order valence-electron chi connectivity index (χ2n) is 4.00. The van der Waals surface area contributed by atoms with Crippen LogP contribution in [0.25, 0.3) is 0 Å². The molecule has 0 N–H and O–H groups in total. The van der Waals surface area contributed by atoms with Crippen molar-refractivity contribution in [2.24, 2.45) is 0 Å². The van der Waals surface area contributed by atoms with Crippen molar-refractivity contribution in [1.82, 2.24) is 9.55 Å². The summed E-state index contributed by atoms with van der Waals surface area (Å²) in [6, 6.07) is 3.66. The molecule has 0 aliphatic rings. The number of rotatable bonds is 2. The molecule has 2 heterocycles. The van der Waals surface area contributed by atoms with Gasteiger partial charge in [0.05, 0.1) is 12.1 Å². The van der Waals surface area contributed by atoms with Gasteiger partial charge in [0.15, 0.2) is 0 Å². The van der Waals surface area contributed by atoms with Gasteiger partial charge >= 0.3 is 6.18 Å². The molecule has 0 fully saturated rings. The molecule has 106 valence electrons. The summed E-state index contributed by atoms with van der Waals surface area (Å²) >= 11 is 11.2. The Morgan fingerprint density at radius 2 is 1.95 bits per heavy atom. The van der Waals surface area contributed by atoms with Crippen molar-refractivity contribution in [3.8, 4) is 0 Å². The van der Waals surface area contributed by atoms with Crippen molar-refractivity contribution in [2.45, 2.75) is 12.7 Å². The lowest BCUT2D eigenvalue weighted by Crippen LogP contribution is -2.23. The molecule has 0 saturated heterocycles. The first-order chi connectivity index (χ1) is 9.27. The van der Waals surface area contributed by atoms with Crippen LogP contribution in [0.3, 0.4) is 0 Å². The zero-order valence-corrected chi connectivity index (χ0v) is 11.3. The molecule has 0 spiro atoms. The highest BCUT2D eigenvalue weighted by atomic mass is 35.5. The number of hydrogen-bond acceptors (Lipinski definition) is 2. The third-order valence-electron chi connectivity index (χ3n) is 2.51. The first-order valence-electron chi connectivity index (χ1n) is 5.35. The van der Waals surface area contributed by atoms with E-state index >= 15 is 0 Å². The van der Waals surface area contributed by atoms with Crippen LogP contribution in [0.15, 0.2) is 35.4 Å². The highest BCUT2D eigenvalue weighted by Crippen LogP contribution is 2.29. The highest BCUT2D eigenvalue weighted by molar-refractivity contribution is 6.30. The predicted octanol–water partition coefficient (Wildman–Crippen LogP) is 3.62. The first kappa shape index (κ1) is 14.9. The lowest BCUT2D eigenvalue weighted by atomic mass is 10.2. The van der Waals surface area contributed by atoms with Gasteiger partial charge in [-0.25, -0.2) is 4.98 Å². The molecule has 0 aliphatic carbocycles. The Hall–Kier alpha value is -1.53. The summed E-state index contributed by atoms with van der Waals surface area (Å²) in [7, 11) is 0. The molecule has 0 atom stereocenters. The van der Waals surface area contributed by atoms with Crippen molar-refractivity contribution in [1.29, 1.82) is 0 Å². The summed E-state index contributed by atoms with van der Waals surface area (Å²) in [5.41, 5.74) is -1.15. The molecule has 0 unspecified atom stereocenters. The number of halogens is 5. The van der Waals surface area contributed by atoms with Gasteiger partial charge in [0.2, 0.25) is 0 Å². The fourth-order valence-corrected chi connectivity index (χ4v) is 1.91. The maximum absolute atomic E-state index is 12.7. The van der Waals surface area contributed by atoms with Crippen LogP contribution in [-0.2, 0) is 12.7 Å². The van der Waals surface area contributed by atoms with Crippen LogP contribution in [0.1, 0.15) is 11.1 Å². The predicted molar refractivity (Wildman–Crippen MR) is 69.1 cm³/mol. The van der Waals surface area contributed by atoms with E-state index in [0.29, 0.717) is 11.6 Å². The molecule has 0 bridgehead atoms. The van der Waals surface area contributed by atoms with Gasteiger partial charge in [-0.3, -0.25) is 4.79 Å². The van der Waals surface area contributed by atoms with Crippen molar-refractivity contribution in [3.05, 3.63) is 62.2 Å². The monoisotopic (exact) mass is 322 g/mol. The standard InChI is InChI=1S/C12H7Cl2F3N2O/c13-9-3-8(12(15,16)17)6-19(11(9)20)5-7-1-2-10(14)18-4-7/h1-4,6H,5H2. The average Bonchev–Trinajstić information content (AvgIpc) is 2.36. The largest absolute Gasteiger partial charge is 0.417 e. The van der Waals surface area contributed by atoms with Crippen LogP contribution >= 0.6 is 23.2 Å². The van der Waals surface area contributed by atoms with Gasteiger partial charge in [0, 0.05) is 12.4 Å². The van der Waals surface area contributed by atoms with E-state index in [-0.39, 0.29) is 11.7 Å². The van der Waals surface area contributed by atoms with E-state index < -0.39 is 22.3 Å². The maximum Gasteiger partial charge on any atom is 0.417 e. The third kappa shape index (κ3) is 3.32. The molecular formula is C12H7Cl2F3N2O. The van der Waals surface area contributed by atoms with Gasteiger partial charge in [0.25, 0.3) is 5.56 Å².